The molecule has 0 radical (unpaired) electrons. The van der Waals surface area contributed by atoms with Gasteiger partial charge in [0.25, 0.3) is 0 Å². The number of nitrogens with one attached hydrogen (secondary N) is 2. The van der Waals surface area contributed by atoms with E-state index in [0.717, 1.165) is 10.1 Å². The van der Waals surface area contributed by atoms with Gasteiger partial charge in [0.15, 0.2) is 0 Å². The maximum atomic E-state index is 12.6. The number of halogens is 1. The predicted molar refractivity (Wildman–Crippen MR) is 88.2 cm³/mol. The molecule has 1 aromatic carbocycles. The van der Waals surface area contributed by atoms with Gasteiger partial charge in [0.1, 0.15) is 10.1 Å². The van der Waals surface area contributed by atoms with E-state index >= 15 is 0 Å². The van der Waals surface area contributed by atoms with Gasteiger partial charge < -0.3 is 5.32 Å². The molecule has 1 aromatic heterocycles. The van der Waals surface area contributed by atoms with Gasteiger partial charge in [-0.25, -0.2) is 8.42 Å². The Bertz CT molecular complexity index is 845. The summed E-state index contributed by atoms with van der Waals surface area (Å²) in [6, 6.07) is 4.92. The fourth-order valence-electron chi connectivity index (χ4n) is 2.53. The van der Waals surface area contributed by atoms with Crippen molar-refractivity contribution in [3.8, 4) is 0 Å². The maximum absolute atomic E-state index is 12.6. The second-order valence-corrected chi connectivity index (χ2v) is 8.92. The molecule has 0 aliphatic carbocycles. The highest BCUT2D eigenvalue weighted by molar-refractivity contribution is 7.93. The summed E-state index contributed by atoms with van der Waals surface area (Å²) in [6.45, 7) is 2.36. The number of hydrogen-bond acceptors (Lipinski definition) is 5. The Morgan fingerprint density at radius 1 is 1.45 bits per heavy atom. The van der Waals surface area contributed by atoms with E-state index in [1.54, 1.807) is 19.1 Å². The van der Waals surface area contributed by atoms with Crippen molar-refractivity contribution in [3.63, 3.8) is 0 Å². The van der Waals surface area contributed by atoms with E-state index in [2.05, 4.69) is 10.6 Å². The first kappa shape index (κ1) is 15.7. The summed E-state index contributed by atoms with van der Waals surface area (Å²) >= 11 is 7.21. The van der Waals surface area contributed by atoms with Crippen molar-refractivity contribution in [1.29, 1.82) is 0 Å². The van der Waals surface area contributed by atoms with Gasteiger partial charge in [-0.2, -0.15) is 0 Å². The molecule has 22 heavy (non-hydrogen) atoms. The second-order valence-electron chi connectivity index (χ2n) is 5.25. The number of amides is 1. The van der Waals surface area contributed by atoms with Crippen molar-refractivity contribution in [2.75, 3.05) is 12.4 Å². The quantitative estimate of drug-likeness (QED) is 0.877. The van der Waals surface area contributed by atoms with Gasteiger partial charge in [-0.05, 0) is 42.5 Å². The first-order chi connectivity index (χ1) is 10.4. The van der Waals surface area contributed by atoms with Crippen molar-refractivity contribution < 1.29 is 13.2 Å². The molecule has 2 N–H and O–H groups in total. The second kappa shape index (κ2) is 5.81. The minimum absolute atomic E-state index is 0.143. The predicted octanol–water partition coefficient (Wildman–Crippen LogP) is 2.07. The molecule has 1 aliphatic rings. The zero-order valence-electron chi connectivity index (χ0n) is 11.8. The Labute approximate surface area is 137 Å². The number of carbonyl (C=O) groups excluding carboxylic acids is 1. The Morgan fingerprint density at radius 3 is 2.91 bits per heavy atom. The smallest absolute Gasteiger partial charge is 0.237 e. The number of thiophene rings is 1. The third-order valence-electron chi connectivity index (χ3n) is 3.71. The van der Waals surface area contributed by atoms with Crippen LogP contribution >= 0.6 is 22.9 Å². The Morgan fingerprint density at radius 2 is 2.23 bits per heavy atom. The van der Waals surface area contributed by atoms with Crippen LogP contribution in [0.5, 0.6) is 0 Å². The summed E-state index contributed by atoms with van der Waals surface area (Å²) in [4.78, 5) is 11.5. The number of rotatable bonds is 4. The minimum Gasteiger partial charge on any atom is -0.355 e. The molecule has 1 amide bonds. The number of sulfone groups is 1. The first-order valence-corrected chi connectivity index (χ1v) is 9.65. The average Bonchev–Trinajstić information content (AvgIpc) is 3.02. The highest BCUT2D eigenvalue weighted by atomic mass is 35.5. The van der Waals surface area contributed by atoms with Gasteiger partial charge in [-0.3, -0.25) is 10.1 Å². The lowest BCUT2D eigenvalue weighted by Gasteiger charge is -2.10. The van der Waals surface area contributed by atoms with Crippen molar-refractivity contribution >= 4 is 48.8 Å². The van der Waals surface area contributed by atoms with Crippen LogP contribution in [0.3, 0.4) is 0 Å². The van der Waals surface area contributed by atoms with Gasteiger partial charge in [-0.1, -0.05) is 11.6 Å². The third kappa shape index (κ3) is 2.86. The minimum atomic E-state index is -3.49. The molecule has 0 saturated carbocycles. The molecule has 0 spiro atoms. The van der Waals surface area contributed by atoms with Crippen LogP contribution in [-0.2, 0) is 14.6 Å². The molecule has 1 aliphatic heterocycles. The fourth-order valence-corrected chi connectivity index (χ4v) is 5.71. The van der Waals surface area contributed by atoms with E-state index in [0.29, 0.717) is 27.8 Å². The summed E-state index contributed by atoms with van der Waals surface area (Å²) in [5, 5.41) is 6.95. The molecule has 0 unspecified atom stereocenters. The monoisotopic (exact) mass is 358 g/mol. The van der Waals surface area contributed by atoms with E-state index in [1.165, 1.54) is 11.3 Å². The topological polar surface area (TPSA) is 75.3 Å². The lowest BCUT2D eigenvalue weighted by atomic mass is 10.2. The van der Waals surface area contributed by atoms with E-state index in [4.69, 9.17) is 11.6 Å². The highest BCUT2D eigenvalue weighted by Crippen LogP contribution is 2.35. The molecule has 2 heterocycles. The Balaban J connectivity index is 1.88. The third-order valence-corrected chi connectivity index (χ3v) is 7.44. The molecule has 1 fully saturated rings. The van der Waals surface area contributed by atoms with Crippen molar-refractivity contribution in [1.82, 2.24) is 10.6 Å². The van der Waals surface area contributed by atoms with Crippen LogP contribution in [0.2, 0.25) is 5.02 Å². The molecule has 5 nitrogen and oxygen atoms in total. The lowest BCUT2D eigenvalue weighted by molar-refractivity contribution is -0.120. The van der Waals surface area contributed by atoms with E-state index in [1.807, 2.05) is 6.07 Å². The molecule has 1 saturated heterocycles. The Kier molecular flexibility index (Phi) is 4.15. The van der Waals surface area contributed by atoms with Crippen molar-refractivity contribution in [2.24, 2.45) is 0 Å². The van der Waals surface area contributed by atoms with E-state index in [9.17, 15) is 13.2 Å². The average molecular weight is 359 g/mol. The molecule has 2 aromatic rings. The van der Waals surface area contributed by atoms with Crippen LogP contribution in [0.1, 0.15) is 12.0 Å². The summed E-state index contributed by atoms with van der Waals surface area (Å²) in [5.41, 5.74) is 0.708. The largest absolute Gasteiger partial charge is 0.355 e. The van der Waals surface area contributed by atoms with Crippen LogP contribution in [0, 0.1) is 6.92 Å². The van der Waals surface area contributed by atoms with Crippen molar-refractivity contribution in [3.05, 3.63) is 28.8 Å². The number of aryl methyl sites for hydroxylation is 1. The van der Waals surface area contributed by atoms with E-state index in [-0.39, 0.29) is 11.8 Å². The van der Waals surface area contributed by atoms with Gasteiger partial charge in [0.05, 0.1) is 6.04 Å². The van der Waals surface area contributed by atoms with Crippen LogP contribution in [-0.4, -0.2) is 32.8 Å². The number of hydrogen-bond donors (Lipinski definition) is 2. The molecule has 8 heteroatoms. The lowest BCUT2D eigenvalue weighted by Crippen LogP contribution is -2.39. The first-order valence-electron chi connectivity index (χ1n) is 6.81. The molecular formula is C14H15ClN2O3S2. The number of carbonyl (C=O) groups is 1. The fraction of sp³-hybridized carbons (Fsp3) is 0.357. The van der Waals surface area contributed by atoms with Crippen LogP contribution in [0.25, 0.3) is 10.1 Å². The molecule has 1 atom stereocenters. The zero-order chi connectivity index (χ0) is 15.9. The van der Waals surface area contributed by atoms with Crippen molar-refractivity contribution in [2.45, 2.75) is 23.6 Å². The summed E-state index contributed by atoms with van der Waals surface area (Å²) < 4.78 is 26.3. The normalized spacial score (nSPS) is 18.8. The number of benzene rings is 1. The van der Waals surface area contributed by atoms with Crippen LogP contribution < -0.4 is 10.6 Å². The summed E-state index contributed by atoms with van der Waals surface area (Å²) in [7, 11) is -3.49. The number of fused-ring (bicyclic) bond motifs is 1. The zero-order valence-corrected chi connectivity index (χ0v) is 14.2. The summed E-state index contributed by atoms with van der Waals surface area (Å²) in [6.07, 6.45) is 0.607. The van der Waals surface area contributed by atoms with E-state index < -0.39 is 15.9 Å². The molecular weight excluding hydrogens is 344 g/mol. The molecule has 118 valence electrons. The van der Waals surface area contributed by atoms with Gasteiger partial charge >= 0.3 is 0 Å². The standard InChI is InChI=1S/C14H15ClN2O3S2/c1-8-10-6-9(15)2-3-12(10)21-14(8)22(19,20)7-17-11-4-5-16-13(11)18/h2-3,6,11,17H,4-5,7H2,1H3,(H,16,18)/t11-/m0/s1. The van der Waals surface area contributed by atoms with Crippen LogP contribution in [0.4, 0.5) is 0 Å². The SMILES string of the molecule is Cc1c(S(=O)(=O)CN[C@H]2CCNC2=O)sc2ccc(Cl)cc12. The Hall–Kier alpha value is -1.15. The van der Waals surface area contributed by atoms with Gasteiger partial charge in [-0.15, -0.1) is 11.3 Å². The molecule has 0 bridgehead atoms. The maximum Gasteiger partial charge on any atom is 0.237 e. The highest BCUT2D eigenvalue weighted by Gasteiger charge is 2.27. The molecule has 3 rings (SSSR count). The van der Waals surface area contributed by atoms with Gasteiger partial charge in [0.2, 0.25) is 15.7 Å². The summed E-state index contributed by atoms with van der Waals surface area (Å²) in [5.74, 6) is -0.387. The van der Waals surface area contributed by atoms with Crippen LogP contribution in [0.15, 0.2) is 22.4 Å². The van der Waals surface area contributed by atoms with Gasteiger partial charge in [0, 0.05) is 16.3 Å².